The molecule has 0 fully saturated rings. The van der Waals surface area contributed by atoms with Gasteiger partial charge >= 0.3 is 0 Å². The lowest BCUT2D eigenvalue weighted by molar-refractivity contribution is -0.116. The van der Waals surface area contributed by atoms with E-state index in [2.05, 4.69) is 30.1 Å². The predicted octanol–water partition coefficient (Wildman–Crippen LogP) is 3.04. The molecule has 0 atom stereocenters. The van der Waals surface area contributed by atoms with Crippen molar-refractivity contribution in [2.24, 2.45) is 0 Å². The second-order valence-corrected chi connectivity index (χ2v) is 6.38. The molecule has 1 aromatic carbocycles. The molecule has 5 heteroatoms. The van der Waals surface area contributed by atoms with E-state index in [1.54, 1.807) is 18.3 Å². The summed E-state index contributed by atoms with van der Waals surface area (Å²) in [5.41, 5.74) is 10.0. The zero-order valence-corrected chi connectivity index (χ0v) is 13.4. The first-order valence-corrected chi connectivity index (χ1v) is 8.37. The van der Waals surface area contributed by atoms with Gasteiger partial charge in [0.2, 0.25) is 5.91 Å². The summed E-state index contributed by atoms with van der Waals surface area (Å²) in [4.78, 5) is 18.8. The maximum absolute atomic E-state index is 12.6. The van der Waals surface area contributed by atoms with Gasteiger partial charge in [-0.15, -0.1) is 0 Å². The molecule has 1 amide bonds. The highest BCUT2D eigenvalue weighted by atomic mass is 32.2. The Bertz CT molecular complexity index is 702. The molecule has 0 saturated heterocycles. The Morgan fingerprint density at radius 1 is 1.36 bits per heavy atom. The number of nitrogens with zero attached hydrogens (tertiary/aromatic N) is 2. The van der Waals surface area contributed by atoms with Crippen LogP contribution in [-0.4, -0.2) is 23.2 Å². The minimum Gasteiger partial charge on any atom is -0.397 e. The zero-order chi connectivity index (χ0) is 15.5. The lowest BCUT2D eigenvalue weighted by atomic mass is 9.98. The molecule has 1 aliphatic heterocycles. The third-order valence-corrected chi connectivity index (χ3v) is 4.86. The molecule has 22 heavy (non-hydrogen) atoms. The lowest BCUT2D eigenvalue weighted by Gasteiger charge is -2.31. The molecule has 0 unspecified atom stereocenters. The number of pyridine rings is 1. The van der Waals surface area contributed by atoms with Crippen LogP contribution >= 0.6 is 11.8 Å². The Morgan fingerprint density at radius 2 is 2.23 bits per heavy atom. The third kappa shape index (κ3) is 2.95. The van der Waals surface area contributed by atoms with Gasteiger partial charge in [-0.25, -0.2) is 4.98 Å². The van der Waals surface area contributed by atoms with Crippen LogP contribution in [0.25, 0.3) is 0 Å². The van der Waals surface area contributed by atoms with E-state index in [1.807, 2.05) is 4.90 Å². The van der Waals surface area contributed by atoms with Crippen molar-refractivity contribution < 1.29 is 4.79 Å². The number of para-hydroxylation sites is 1. The molecule has 0 spiro atoms. The predicted molar refractivity (Wildman–Crippen MR) is 91.2 cm³/mol. The topological polar surface area (TPSA) is 59.2 Å². The molecule has 4 nitrogen and oxygen atoms in total. The average Bonchev–Trinajstić information content (AvgIpc) is 2.53. The van der Waals surface area contributed by atoms with E-state index in [-0.39, 0.29) is 5.91 Å². The van der Waals surface area contributed by atoms with Gasteiger partial charge in [0.1, 0.15) is 5.03 Å². The van der Waals surface area contributed by atoms with Crippen LogP contribution in [0, 0.1) is 6.92 Å². The highest BCUT2D eigenvalue weighted by molar-refractivity contribution is 8.00. The monoisotopic (exact) mass is 313 g/mol. The Hall–Kier alpha value is -2.01. The number of hydrogen-bond donors (Lipinski definition) is 1. The van der Waals surface area contributed by atoms with Crippen LogP contribution in [0.4, 0.5) is 11.4 Å². The molecule has 0 bridgehead atoms. The normalized spacial score (nSPS) is 13.8. The quantitative estimate of drug-likeness (QED) is 0.885. The molecular weight excluding hydrogens is 294 g/mol. The molecule has 0 saturated carbocycles. The van der Waals surface area contributed by atoms with Crippen molar-refractivity contribution in [3.63, 3.8) is 0 Å². The fraction of sp³-hybridized carbons (Fsp3) is 0.294. The second-order valence-electron chi connectivity index (χ2n) is 5.42. The molecule has 114 valence electrons. The van der Waals surface area contributed by atoms with Crippen molar-refractivity contribution in [2.45, 2.75) is 24.8 Å². The van der Waals surface area contributed by atoms with Crippen LogP contribution in [0.1, 0.15) is 17.5 Å². The van der Waals surface area contributed by atoms with Gasteiger partial charge in [0, 0.05) is 18.4 Å². The van der Waals surface area contributed by atoms with E-state index in [1.165, 1.54) is 17.3 Å². The van der Waals surface area contributed by atoms with Crippen LogP contribution in [0.2, 0.25) is 0 Å². The van der Waals surface area contributed by atoms with Gasteiger partial charge in [0.15, 0.2) is 0 Å². The minimum atomic E-state index is 0.116. The number of aryl methyl sites for hydroxylation is 2. The second kappa shape index (κ2) is 6.40. The fourth-order valence-corrected chi connectivity index (χ4v) is 3.61. The van der Waals surface area contributed by atoms with Crippen LogP contribution < -0.4 is 10.6 Å². The van der Waals surface area contributed by atoms with Crippen molar-refractivity contribution in [2.75, 3.05) is 22.9 Å². The van der Waals surface area contributed by atoms with Gasteiger partial charge in [0.25, 0.3) is 0 Å². The molecule has 2 heterocycles. The van der Waals surface area contributed by atoms with E-state index >= 15 is 0 Å². The summed E-state index contributed by atoms with van der Waals surface area (Å²) in [6.45, 7) is 2.85. The minimum absolute atomic E-state index is 0.116. The average molecular weight is 313 g/mol. The number of amides is 1. The first-order chi connectivity index (χ1) is 10.7. The summed E-state index contributed by atoms with van der Waals surface area (Å²) < 4.78 is 0. The number of hydrogen-bond acceptors (Lipinski definition) is 4. The molecule has 2 N–H and O–H groups in total. The molecular formula is C17H19N3OS. The van der Waals surface area contributed by atoms with Gasteiger partial charge in [0.05, 0.1) is 11.4 Å². The molecule has 1 aromatic heterocycles. The molecule has 1 aliphatic rings. The van der Waals surface area contributed by atoms with Gasteiger partial charge in [-0.1, -0.05) is 30.0 Å². The maximum atomic E-state index is 12.6. The number of nitrogen functional groups attached to an aromatic ring is 1. The first-order valence-electron chi connectivity index (χ1n) is 7.39. The van der Waals surface area contributed by atoms with E-state index in [0.29, 0.717) is 11.4 Å². The van der Waals surface area contributed by atoms with Crippen LogP contribution in [-0.2, 0) is 11.2 Å². The van der Waals surface area contributed by atoms with E-state index < -0.39 is 0 Å². The third-order valence-electron chi connectivity index (χ3n) is 3.85. The van der Waals surface area contributed by atoms with Crippen molar-refractivity contribution in [3.05, 3.63) is 47.7 Å². The van der Waals surface area contributed by atoms with Crippen molar-refractivity contribution in [1.82, 2.24) is 4.98 Å². The molecule has 0 aliphatic carbocycles. The van der Waals surface area contributed by atoms with Crippen molar-refractivity contribution in [1.29, 1.82) is 0 Å². The summed E-state index contributed by atoms with van der Waals surface area (Å²) in [6.07, 6.45) is 3.75. The highest BCUT2D eigenvalue weighted by Crippen LogP contribution is 2.31. The number of rotatable bonds is 3. The van der Waals surface area contributed by atoms with E-state index in [0.717, 1.165) is 35.7 Å². The van der Waals surface area contributed by atoms with Crippen molar-refractivity contribution in [3.8, 4) is 0 Å². The summed E-state index contributed by atoms with van der Waals surface area (Å²) in [5.74, 6) is 0.472. The number of anilines is 2. The Labute approximate surface area is 134 Å². The Morgan fingerprint density at radius 3 is 3.05 bits per heavy atom. The fourth-order valence-electron chi connectivity index (χ4n) is 2.83. The Balaban J connectivity index is 1.76. The SMILES string of the molecule is Cc1cccc2c1N(C(=O)CSc1ncccc1N)CCC2. The van der Waals surface area contributed by atoms with Gasteiger partial charge in [-0.3, -0.25) is 4.79 Å². The number of fused-ring (bicyclic) bond motifs is 1. The summed E-state index contributed by atoms with van der Waals surface area (Å²) in [6, 6.07) is 9.84. The summed E-state index contributed by atoms with van der Waals surface area (Å²) >= 11 is 1.40. The Kier molecular flexibility index (Phi) is 4.34. The number of benzene rings is 1. The highest BCUT2D eigenvalue weighted by Gasteiger charge is 2.24. The standard InChI is InChI=1S/C17H19N3OS/c1-12-5-2-6-13-7-4-10-20(16(12)13)15(21)11-22-17-14(18)8-3-9-19-17/h2-3,5-6,8-9H,4,7,10-11,18H2,1H3. The number of carbonyl (C=O) groups excluding carboxylic acids is 1. The number of carbonyl (C=O) groups is 1. The first kappa shape index (κ1) is 14.9. The van der Waals surface area contributed by atoms with E-state index in [9.17, 15) is 4.79 Å². The van der Waals surface area contributed by atoms with Crippen LogP contribution in [0.15, 0.2) is 41.6 Å². The number of nitrogens with two attached hydrogens (primary N) is 1. The van der Waals surface area contributed by atoms with Gasteiger partial charge < -0.3 is 10.6 Å². The van der Waals surface area contributed by atoms with Gasteiger partial charge in [-0.05, 0) is 43.0 Å². The number of thioether (sulfide) groups is 1. The van der Waals surface area contributed by atoms with E-state index in [4.69, 9.17) is 5.73 Å². The summed E-state index contributed by atoms with van der Waals surface area (Å²) in [7, 11) is 0. The lowest BCUT2D eigenvalue weighted by Crippen LogP contribution is -2.37. The number of aromatic nitrogens is 1. The molecule has 3 rings (SSSR count). The maximum Gasteiger partial charge on any atom is 0.237 e. The zero-order valence-electron chi connectivity index (χ0n) is 12.6. The smallest absolute Gasteiger partial charge is 0.237 e. The largest absolute Gasteiger partial charge is 0.397 e. The van der Waals surface area contributed by atoms with Crippen LogP contribution in [0.3, 0.4) is 0 Å². The molecule has 0 radical (unpaired) electrons. The summed E-state index contributed by atoms with van der Waals surface area (Å²) in [5, 5.41) is 0.720. The van der Waals surface area contributed by atoms with Crippen LogP contribution in [0.5, 0.6) is 0 Å². The molecule has 2 aromatic rings. The van der Waals surface area contributed by atoms with Crippen molar-refractivity contribution >= 4 is 29.0 Å². The van der Waals surface area contributed by atoms with Gasteiger partial charge in [-0.2, -0.15) is 0 Å².